The van der Waals surface area contributed by atoms with Crippen LogP contribution < -0.4 is 0 Å². The molecule has 2 rings (SSSR count). The van der Waals surface area contributed by atoms with Crippen molar-refractivity contribution in [2.45, 2.75) is 6.42 Å². The molecule has 0 radical (unpaired) electrons. The lowest BCUT2D eigenvalue weighted by molar-refractivity contribution is 1.07. The first-order valence-corrected chi connectivity index (χ1v) is 5.61. The molecule has 0 atom stereocenters. The number of aryl methyl sites for hydroxylation is 1. The number of aromatic amines is 1. The lowest BCUT2D eigenvalue weighted by atomic mass is 10.1. The highest BCUT2D eigenvalue weighted by Crippen LogP contribution is 2.21. The lowest BCUT2D eigenvalue weighted by Gasteiger charge is -1.98. The summed E-state index contributed by atoms with van der Waals surface area (Å²) >= 11 is 7.93. The zero-order chi connectivity index (χ0) is 9.26. The molecule has 2 aromatic rings. The summed E-state index contributed by atoms with van der Waals surface area (Å²) in [5.74, 6) is 0.648. The van der Waals surface area contributed by atoms with Crippen LogP contribution in [0.4, 0.5) is 0 Å². The number of para-hydroxylation sites is 1. The molecule has 1 aromatic carbocycles. The summed E-state index contributed by atoms with van der Waals surface area (Å²) in [5, 5.41) is 8.37. The van der Waals surface area contributed by atoms with Gasteiger partial charge in [0.2, 0.25) is 0 Å². The van der Waals surface area contributed by atoms with E-state index < -0.39 is 0 Å². The Morgan fingerprint density at radius 3 is 3.08 bits per heavy atom. The molecule has 1 heterocycles. The van der Waals surface area contributed by atoms with Crippen molar-refractivity contribution in [2.24, 2.45) is 0 Å². The van der Waals surface area contributed by atoms with Crippen LogP contribution in [0.25, 0.3) is 10.9 Å². The van der Waals surface area contributed by atoms with Crippen LogP contribution in [0.3, 0.4) is 0 Å². The van der Waals surface area contributed by atoms with Gasteiger partial charge in [-0.25, -0.2) is 0 Å². The second kappa shape index (κ2) is 3.84. The lowest BCUT2D eigenvalue weighted by Crippen LogP contribution is -1.87. The molecule has 2 nitrogen and oxygen atoms in total. The van der Waals surface area contributed by atoms with Gasteiger partial charge in [-0.05, 0) is 34.6 Å². The molecule has 0 bridgehead atoms. The maximum atomic E-state index is 5.71. The highest BCUT2D eigenvalue weighted by atomic mass is 127. The highest BCUT2D eigenvalue weighted by Gasteiger charge is 2.05. The molecular weight excluding hydrogens is 298 g/mol. The number of nitrogens with one attached hydrogen (secondary N) is 1. The van der Waals surface area contributed by atoms with E-state index >= 15 is 0 Å². The molecule has 0 aliphatic rings. The first-order chi connectivity index (χ1) is 6.33. The summed E-state index contributed by atoms with van der Waals surface area (Å²) in [5.41, 5.74) is 2.36. The zero-order valence-electron chi connectivity index (χ0n) is 6.85. The third kappa shape index (κ3) is 1.67. The van der Waals surface area contributed by atoms with E-state index in [0.29, 0.717) is 5.88 Å². The minimum absolute atomic E-state index is 0.648. The molecule has 0 saturated carbocycles. The largest absolute Gasteiger partial charge is 0.276 e. The van der Waals surface area contributed by atoms with E-state index in [1.807, 2.05) is 6.07 Å². The second-order valence-electron chi connectivity index (χ2n) is 2.79. The molecule has 0 unspecified atom stereocenters. The first-order valence-electron chi connectivity index (χ1n) is 4.00. The van der Waals surface area contributed by atoms with Gasteiger partial charge in [-0.2, -0.15) is 5.10 Å². The molecule has 1 N–H and O–H groups in total. The smallest absolute Gasteiger partial charge is 0.130 e. The number of benzene rings is 1. The molecule has 0 saturated heterocycles. The Morgan fingerprint density at radius 2 is 2.31 bits per heavy atom. The number of hydrogen-bond donors (Lipinski definition) is 1. The van der Waals surface area contributed by atoms with Crippen LogP contribution >= 0.6 is 34.2 Å². The van der Waals surface area contributed by atoms with Crippen molar-refractivity contribution in [3.63, 3.8) is 0 Å². The molecule has 0 aliphatic heterocycles. The van der Waals surface area contributed by atoms with Crippen molar-refractivity contribution >= 4 is 45.1 Å². The first kappa shape index (κ1) is 9.27. The van der Waals surface area contributed by atoms with E-state index in [0.717, 1.165) is 15.6 Å². The third-order valence-electron chi connectivity index (χ3n) is 2.00. The van der Waals surface area contributed by atoms with Crippen LogP contribution in [0, 0.1) is 3.70 Å². The summed E-state index contributed by atoms with van der Waals surface area (Å²) in [4.78, 5) is 0. The molecule has 0 amide bonds. The number of hydrogen-bond acceptors (Lipinski definition) is 1. The van der Waals surface area contributed by atoms with Crippen molar-refractivity contribution < 1.29 is 0 Å². The molecular formula is C9H8ClIN2. The summed E-state index contributed by atoms with van der Waals surface area (Å²) in [6, 6.07) is 6.19. The molecule has 1 aromatic heterocycles. The number of aromatic nitrogens is 2. The molecule has 0 aliphatic carbocycles. The second-order valence-corrected chi connectivity index (χ2v) is 4.19. The number of alkyl halides is 1. The quantitative estimate of drug-likeness (QED) is 0.671. The Morgan fingerprint density at radius 1 is 1.46 bits per heavy atom. The number of rotatable bonds is 2. The number of nitrogens with zero attached hydrogens (tertiary/aromatic N) is 1. The van der Waals surface area contributed by atoms with E-state index in [2.05, 4.69) is 44.9 Å². The molecule has 13 heavy (non-hydrogen) atoms. The van der Waals surface area contributed by atoms with Gasteiger partial charge in [0, 0.05) is 11.3 Å². The third-order valence-corrected chi connectivity index (χ3v) is 3.01. The molecule has 0 spiro atoms. The van der Waals surface area contributed by atoms with Gasteiger partial charge in [-0.1, -0.05) is 18.2 Å². The van der Waals surface area contributed by atoms with Gasteiger partial charge in [0.15, 0.2) is 0 Å². The Kier molecular flexibility index (Phi) is 2.74. The van der Waals surface area contributed by atoms with Gasteiger partial charge in [0.25, 0.3) is 0 Å². The van der Waals surface area contributed by atoms with E-state index in [1.54, 1.807) is 0 Å². The predicted octanol–water partition coefficient (Wildman–Crippen LogP) is 2.95. The molecule has 0 fully saturated rings. The number of halogens is 2. The average molecular weight is 307 g/mol. The van der Waals surface area contributed by atoms with E-state index in [9.17, 15) is 0 Å². The van der Waals surface area contributed by atoms with Gasteiger partial charge in [0.1, 0.15) is 3.70 Å². The summed E-state index contributed by atoms with van der Waals surface area (Å²) < 4.78 is 1.02. The minimum Gasteiger partial charge on any atom is -0.276 e. The van der Waals surface area contributed by atoms with Crippen molar-refractivity contribution in [2.75, 3.05) is 5.88 Å². The Balaban J connectivity index is 2.63. The van der Waals surface area contributed by atoms with Crippen LogP contribution in [0.2, 0.25) is 0 Å². The van der Waals surface area contributed by atoms with Gasteiger partial charge in [-0.15, -0.1) is 11.6 Å². The van der Waals surface area contributed by atoms with Gasteiger partial charge in [-0.3, -0.25) is 5.10 Å². The normalized spacial score (nSPS) is 10.9. The number of H-pyrrole nitrogens is 1. The molecule has 68 valence electrons. The van der Waals surface area contributed by atoms with Crippen LogP contribution in [0.5, 0.6) is 0 Å². The fourth-order valence-electron chi connectivity index (χ4n) is 1.38. The standard InChI is InChI=1S/C9H8ClIN2/c10-5-4-6-2-1-3-7-8(6)12-13-9(7)11/h1-3H,4-5H2,(H,12,13). The zero-order valence-corrected chi connectivity index (χ0v) is 9.76. The monoisotopic (exact) mass is 306 g/mol. The van der Waals surface area contributed by atoms with Crippen LogP contribution in [0.15, 0.2) is 18.2 Å². The Labute approximate surface area is 94.8 Å². The van der Waals surface area contributed by atoms with Crippen molar-refractivity contribution in [1.29, 1.82) is 0 Å². The van der Waals surface area contributed by atoms with E-state index in [4.69, 9.17) is 11.6 Å². The predicted molar refractivity (Wildman–Crippen MR) is 63.2 cm³/mol. The fraction of sp³-hybridized carbons (Fsp3) is 0.222. The summed E-state index contributed by atoms with van der Waals surface area (Å²) in [6.07, 6.45) is 0.886. The van der Waals surface area contributed by atoms with Crippen molar-refractivity contribution in [3.05, 3.63) is 27.5 Å². The Hall–Kier alpha value is -0.290. The summed E-state index contributed by atoms with van der Waals surface area (Å²) in [6.45, 7) is 0. The maximum absolute atomic E-state index is 5.71. The summed E-state index contributed by atoms with van der Waals surface area (Å²) in [7, 11) is 0. The van der Waals surface area contributed by atoms with E-state index in [1.165, 1.54) is 10.9 Å². The van der Waals surface area contributed by atoms with Gasteiger partial charge < -0.3 is 0 Å². The maximum Gasteiger partial charge on any atom is 0.130 e. The minimum atomic E-state index is 0.648. The molecule has 4 heteroatoms. The van der Waals surface area contributed by atoms with Gasteiger partial charge >= 0.3 is 0 Å². The van der Waals surface area contributed by atoms with E-state index in [-0.39, 0.29) is 0 Å². The van der Waals surface area contributed by atoms with Crippen molar-refractivity contribution in [1.82, 2.24) is 10.2 Å². The highest BCUT2D eigenvalue weighted by molar-refractivity contribution is 14.1. The van der Waals surface area contributed by atoms with Crippen LogP contribution in [-0.4, -0.2) is 16.1 Å². The SMILES string of the molecule is ClCCc1cccc2c(I)n[nH]c12. The van der Waals surface area contributed by atoms with Crippen LogP contribution in [-0.2, 0) is 6.42 Å². The number of fused-ring (bicyclic) bond motifs is 1. The van der Waals surface area contributed by atoms with Crippen molar-refractivity contribution in [3.8, 4) is 0 Å². The Bertz CT molecular complexity index is 424. The van der Waals surface area contributed by atoms with Gasteiger partial charge in [0.05, 0.1) is 5.52 Å². The fourth-order valence-corrected chi connectivity index (χ4v) is 2.15. The topological polar surface area (TPSA) is 28.7 Å². The average Bonchev–Trinajstić information content (AvgIpc) is 2.50. The van der Waals surface area contributed by atoms with Crippen LogP contribution in [0.1, 0.15) is 5.56 Å².